The van der Waals surface area contributed by atoms with E-state index in [1.807, 2.05) is 43.3 Å². The van der Waals surface area contributed by atoms with Gasteiger partial charge in [0.25, 0.3) is 0 Å². The summed E-state index contributed by atoms with van der Waals surface area (Å²) in [7, 11) is 0. The maximum Gasteiger partial charge on any atom is 0.193 e. The maximum absolute atomic E-state index is 5.90. The van der Waals surface area contributed by atoms with Gasteiger partial charge in [-0.3, -0.25) is 0 Å². The van der Waals surface area contributed by atoms with Crippen LogP contribution in [0.2, 0.25) is 0 Å². The number of nitrogens with two attached hydrogens (primary N) is 1. The molecule has 0 amide bonds. The zero-order valence-electron chi connectivity index (χ0n) is 13.8. The van der Waals surface area contributed by atoms with Gasteiger partial charge < -0.3 is 15.8 Å². The Labute approximate surface area is 155 Å². The second-order valence-electron chi connectivity index (χ2n) is 5.38. The van der Waals surface area contributed by atoms with E-state index in [-0.39, 0.29) is 24.0 Å². The zero-order chi connectivity index (χ0) is 15.9. The molecule has 124 valence electrons. The lowest BCUT2D eigenvalue weighted by Crippen LogP contribution is -2.23. The van der Waals surface area contributed by atoms with Crippen LogP contribution in [0.5, 0.6) is 5.75 Å². The van der Waals surface area contributed by atoms with Crippen LogP contribution < -0.4 is 15.8 Å². The van der Waals surface area contributed by atoms with Gasteiger partial charge in [-0.25, -0.2) is 4.99 Å². The third kappa shape index (κ3) is 6.48. The maximum atomic E-state index is 5.90. The fourth-order valence-corrected chi connectivity index (χ4v) is 2.27. The lowest BCUT2D eigenvalue weighted by Gasteiger charge is -2.09. The summed E-state index contributed by atoms with van der Waals surface area (Å²) in [5.41, 5.74) is 10.4. The molecule has 0 bridgehead atoms. The molecule has 5 heteroatoms. The summed E-state index contributed by atoms with van der Waals surface area (Å²) in [6.07, 6.45) is 0. The molecule has 0 spiro atoms. The van der Waals surface area contributed by atoms with Crippen LogP contribution >= 0.6 is 24.0 Å². The molecule has 0 aliphatic carbocycles. The quantitative estimate of drug-likeness (QED) is 0.329. The Kier molecular flexibility index (Phi) is 7.88. The molecule has 0 aliphatic rings. The first-order valence-corrected chi connectivity index (χ1v) is 7.38. The summed E-state index contributed by atoms with van der Waals surface area (Å²) in [5.74, 6) is 1.29. The molecule has 0 saturated carbocycles. The average molecular weight is 425 g/mol. The Morgan fingerprint density at radius 3 is 2.39 bits per heavy atom. The molecular formula is C18H24IN3O. The first-order chi connectivity index (χ1) is 10.5. The number of benzene rings is 2. The van der Waals surface area contributed by atoms with E-state index in [4.69, 9.17) is 10.5 Å². The highest BCUT2D eigenvalue weighted by Gasteiger charge is 1.99. The Hall–Kier alpha value is -1.76. The highest BCUT2D eigenvalue weighted by atomic mass is 127. The second kappa shape index (κ2) is 9.39. The Bertz CT molecular complexity index is 651. The minimum absolute atomic E-state index is 0. The third-order valence-corrected chi connectivity index (χ3v) is 3.22. The smallest absolute Gasteiger partial charge is 0.193 e. The molecule has 3 N–H and O–H groups in total. The fourth-order valence-electron chi connectivity index (χ4n) is 2.27. The molecular weight excluding hydrogens is 401 g/mol. The van der Waals surface area contributed by atoms with Crippen molar-refractivity contribution in [2.24, 2.45) is 10.7 Å². The van der Waals surface area contributed by atoms with E-state index in [0.717, 1.165) is 17.0 Å². The van der Waals surface area contributed by atoms with E-state index in [1.165, 1.54) is 11.1 Å². The summed E-state index contributed by atoms with van der Waals surface area (Å²) in [6, 6.07) is 14.1. The monoisotopic (exact) mass is 425 g/mol. The molecule has 0 saturated heterocycles. The van der Waals surface area contributed by atoms with Crippen molar-refractivity contribution in [3.63, 3.8) is 0 Å². The summed E-state index contributed by atoms with van der Waals surface area (Å²) in [5, 5.41) is 3.11. The molecule has 0 heterocycles. The van der Waals surface area contributed by atoms with Crippen LogP contribution in [0.15, 0.2) is 47.5 Å². The highest BCUT2D eigenvalue weighted by molar-refractivity contribution is 14.0. The van der Waals surface area contributed by atoms with Gasteiger partial charge >= 0.3 is 0 Å². The number of nitrogens with zero attached hydrogens (tertiary/aromatic N) is 1. The fraction of sp³-hybridized carbons (Fsp3) is 0.278. The van der Waals surface area contributed by atoms with Crippen molar-refractivity contribution in [1.29, 1.82) is 0 Å². The molecule has 0 aromatic heterocycles. The standard InChI is InChI=1S/C18H23N3O.HI/c1-13-10-14(2)12-16(11-13)21-18(19)20-8-9-22-17-7-5-4-6-15(17)3;/h4-7,10-12H,8-9H2,1-3H3,(H3,19,20,21);1H. The Morgan fingerprint density at radius 1 is 1.09 bits per heavy atom. The van der Waals surface area contributed by atoms with Gasteiger partial charge in [0.05, 0.1) is 6.54 Å². The van der Waals surface area contributed by atoms with Gasteiger partial charge in [-0.05, 0) is 55.7 Å². The van der Waals surface area contributed by atoms with Crippen LogP contribution in [-0.2, 0) is 0 Å². The predicted octanol–water partition coefficient (Wildman–Crippen LogP) is 4.04. The largest absolute Gasteiger partial charge is 0.491 e. The van der Waals surface area contributed by atoms with Crippen LogP contribution in [0.3, 0.4) is 0 Å². The molecule has 2 aromatic rings. The van der Waals surface area contributed by atoms with Crippen LogP contribution in [0.1, 0.15) is 16.7 Å². The number of nitrogens with one attached hydrogen (secondary N) is 1. The van der Waals surface area contributed by atoms with E-state index in [9.17, 15) is 0 Å². The van der Waals surface area contributed by atoms with E-state index < -0.39 is 0 Å². The third-order valence-electron chi connectivity index (χ3n) is 3.22. The molecule has 0 unspecified atom stereocenters. The summed E-state index contributed by atoms with van der Waals surface area (Å²) in [4.78, 5) is 4.28. The summed E-state index contributed by atoms with van der Waals surface area (Å²) < 4.78 is 5.69. The van der Waals surface area contributed by atoms with Gasteiger partial charge in [-0.15, -0.1) is 24.0 Å². The van der Waals surface area contributed by atoms with Gasteiger partial charge in [-0.1, -0.05) is 24.3 Å². The van der Waals surface area contributed by atoms with E-state index in [2.05, 4.69) is 30.2 Å². The number of hydrogen-bond donors (Lipinski definition) is 2. The SMILES string of the molecule is Cc1cc(C)cc(NC(N)=NCCOc2ccccc2C)c1.I. The first kappa shape index (κ1) is 19.3. The van der Waals surface area contributed by atoms with Crippen molar-refractivity contribution in [2.75, 3.05) is 18.5 Å². The van der Waals surface area contributed by atoms with Crippen LogP contribution in [0, 0.1) is 20.8 Å². The number of aryl methyl sites for hydroxylation is 3. The molecule has 2 aromatic carbocycles. The molecule has 0 atom stereocenters. The molecule has 23 heavy (non-hydrogen) atoms. The Balaban J connectivity index is 0.00000264. The number of ether oxygens (including phenoxy) is 1. The lowest BCUT2D eigenvalue weighted by molar-refractivity contribution is 0.326. The van der Waals surface area contributed by atoms with Crippen molar-refractivity contribution < 1.29 is 4.74 Å². The van der Waals surface area contributed by atoms with Gasteiger partial charge in [-0.2, -0.15) is 0 Å². The van der Waals surface area contributed by atoms with Gasteiger partial charge in [0.1, 0.15) is 12.4 Å². The molecule has 2 rings (SSSR count). The minimum atomic E-state index is 0. The van der Waals surface area contributed by atoms with Crippen molar-refractivity contribution in [1.82, 2.24) is 0 Å². The van der Waals surface area contributed by atoms with E-state index in [0.29, 0.717) is 19.1 Å². The summed E-state index contributed by atoms with van der Waals surface area (Å²) in [6.45, 7) is 7.15. The normalized spacial score (nSPS) is 10.8. The van der Waals surface area contributed by atoms with Crippen molar-refractivity contribution >= 4 is 35.6 Å². The predicted molar refractivity (Wildman–Crippen MR) is 108 cm³/mol. The number of anilines is 1. The van der Waals surface area contributed by atoms with Crippen molar-refractivity contribution in [3.05, 3.63) is 59.2 Å². The number of para-hydroxylation sites is 1. The average Bonchev–Trinajstić information content (AvgIpc) is 2.44. The number of guanidine groups is 1. The van der Waals surface area contributed by atoms with E-state index >= 15 is 0 Å². The number of aliphatic imine (C=N–C) groups is 1. The molecule has 4 nitrogen and oxygen atoms in total. The van der Waals surface area contributed by atoms with Gasteiger partial charge in [0.15, 0.2) is 5.96 Å². The highest BCUT2D eigenvalue weighted by Crippen LogP contribution is 2.16. The Morgan fingerprint density at radius 2 is 1.74 bits per heavy atom. The number of halogens is 1. The van der Waals surface area contributed by atoms with Crippen LogP contribution in [0.25, 0.3) is 0 Å². The van der Waals surface area contributed by atoms with Crippen LogP contribution in [-0.4, -0.2) is 19.1 Å². The lowest BCUT2D eigenvalue weighted by atomic mass is 10.1. The zero-order valence-corrected chi connectivity index (χ0v) is 16.1. The molecule has 0 fully saturated rings. The second-order valence-corrected chi connectivity index (χ2v) is 5.38. The number of hydrogen-bond acceptors (Lipinski definition) is 2. The van der Waals surface area contributed by atoms with Gasteiger partial charge in [0.2, 0.25) is 0 Å². The molecule has 0 radical (unpaired) electrons. The summed E-state index contributed by atoms with van der Waals surface area (Å²) >= 11 is 0. The number of rotatable bonds is 5. The minimum Gasteiger partial charge on any atom is -0.491 e. The first-order valence-electron chi connectivity index (χ1n) is 7.38. The molecule has 0 aliphatic heterocycles. The van der Waals surface area contributed by atoms with Crippen molar-refractivity contribution in [2.45, 2.75) is 20.8 Å². The van der Waals surface area contributed by atoms with Crippen LogP contribution in [0.4, 0.5) is 5.69 Å². The van der Waals surface area contributed by atoms with Crippen molar-refractivity contribution in [3.8, 4) is 5.75 Å². The van der Waals surface area contributed by atoms with E-state index in [1.54, 1.807) is 0 Å². The van der Waals surface area contributed by atoms with Gasteiger partial charge in [0, 0.05) is 5.69 Å². The topological polar surface area (TPSA) is 59.6 Å².